The van der Waals surface area contributed by atoms with E-state index in [-0.39, 0.29) is 5.91 Å². The predicted octanol–water partition coefficient (Wildman–Crippen LogP) is 1.79. The summed E-state index contributed by atoms with van der Waals surface area (Å²) in [6.45, 7) is 12.8. The van der Waals surface area contributed by atoms with Gasteiger partial charge in [-0.15, -0.1) is 0 Å². The monoisotopic (exact) mass is 333 g/mol. The lowest BCUT2D eigenvalue weighted by atomic mass is 10.1. The van der Waals surface area contributed by atoms with Crippen molar-refractivity contribution in [2.24, 2.45) is 0 Å². The second-order valence-corrected chi connectivity index (χ2v) is 6.60. The fourth-order valence-electron chi connectivity index (χ4n) is 2.96. The fraction of sp³-hybridized carbons (Fsp3) is 0.632. The van der Waals surface area contributed by atoms with Crippen LogP contribution in [0, 0.1) is 20.8 Å². The van der Waals surface area contributed by atoms with Crippen LogP contribution in [0.15, 0.2) is 12.1 Å². The maximum atomic E-state index is 11.9. The van der Waals surface area contributed by atoms with Crippen LogP contribution in [0.4, 0.5) is 0 Å². The van der Waals surface area contributed by atoms with Gasteiger partial charge in [0, 0.05) is 32.7 Å². The van der Waals surface area contributed by atoms with Gasteiger partial charge < -0.3 is 20.3 Å². The maximum Gasteiger partial charge on any atom is 0.223 e. The number of carbonyl (C=O) groups excluding carboxylic acids is 1. The van der Waals surface area contributed by atoms with Gasteiger partial charge in [-0.05, 0) is 56.5 Å². The second-order valence-electron chi connectivity index (χ2n) is 6.60. The molecule has 0 radical (unpaired) electrons. The SMILES string of the molecule is Cc1cc(C)c(C)c(OCCC(=O)NCCCN2CCNCC2)c1. The highest BCUT2D eigenvalue weighted by Crippen LogP contribution is 2.23. The number of amides is 1. The van der Waals surface area contributed by atoms with Gasteiger partial charge in [0.15, 0.2) is 0 Å². The number of hydrogen-bond acceptors (Lipinski definition) is 4. The number of nitrogens with one attached hydrogen (secondary N) is 2. The normalized spacial score (nSPS) is 15.3. The average Bonchev–Trinajstić information content (AvgIpc) is 2.57. The molecule has 5 nitrogen and oxygen atoms in total. The van der Waals surface area contributed by atoms with Gasteiger partial charge in [0.1, 0.15) is 5.75 Å². The molecular weight excluding hydrogens is 302 g/mol. The number of ether oxygens (including phenoxy) is 1. The van der Waals surface area contributed by atoms with Crippen molar-refractivity contribution in [3.8, 4) is 5.75 Å². The molecule has 0 bridgehead atoms. The summed E-state index contributed by atoms with van der Waals surface area (Å²) < 4.78 is 5.79. The number of aryl methyl sites for hydroxylation is 2. The first kappa shape index (κ1) is 18.7. The standard InChI is InChI=1S/C19H31N3O2/c1-15-13-16(2)17(3)18(14-15)24-12-5-19(23)21-6-4-9-22-10-7-20-8-11-22/h13-14,20H,4-12H2,1-3H3,(H,21,23). The highest BCUT2D eigenvalue weighted by molar-refractivity contribution is 5.75. The molecule has 0 saturated carbocycles. The summed E-state index contributed by atoms with van der Waals surface area (Å²) in [5, 5.41) is 6.33. The van der Waals surface area contributed by atoms with Gasteiger partial charge in [-0.3, -0.25) is 4.79 Å². The van der Waals surface area contributed by atoms with E-state index < -0.39 is 0 Å². The lowest BCUT2D eigenvalue weighted by molar-refractivity contribution is -0.121. The van der Waals surface area contributed by atoms with Gasteiger partial charge in [-0.1, -0.05) is 6.07 Å². The zero-order valence-corrected chi connectivity index (χ0v) is 15.3. The van der Waals surface area contributed by atoms with Gasteiger partial charge in [0.2, 0.25) is 5.91 Å². The van der Waals surface area contributed by atoms with E-state index in [2.05, 4.69) is 42.4 Å². The molecule has 1 fully saturated rings. The van der Waals surface area contributed by atoms with Crippen LogP contribution in [0.3, 0.4) is 0 Å². The molecule has 0 atom stereocenters. The number of rotatable bonds is 8. The summed E-state index contributed by atoms with van der Waals surface area (Å²) in [5.74, 6) is 0.955. The largest absolute Gasteiger partial charge is 0.493 e. The zero-order valence-electron chi connectivity index (χ0n) is 15.3. The van der Waals surface area contributed by atoms with Crippen molar-refractivity contribution in [1.29, 1.82) is 0 Å². The topological polar surface area (TPSA) is 53.6 Å². The first-order valence-electron chi connectivity index (χ1n) is 8.96. The zero-order chi connectivity index (χ0) is 17.4. The average molecular weight is 333 g/mol. The van der Waals surface area contributed by atoms with Crippen molar-refractivity contribution in [3.05, 3.63) is 28.8 Å². The summed E-state index contributed by atoms with van der Waals surface area (Å²) in [6, 6.07) is 4.18. The Morgan fingerprint density at radius 3 is 2.75 bits per heavy atom. The first-order chi connectivity index (χ1) is 11.6. The highest BCUT2D eigenvalue weighted by atomic mass is 16.5. The third-order valence-electron chi connectivity index (χ3n) is 4.53. The molecule has 0 aromatic heterocycles. The molecule has 1 amide bonds. The highest BCUT2D eigenvalue weighted by Gasteiger charge is 2.09. The second kappa shape index (κ2) is 9.64. The van der Waals surface area contributed by atoms with E-state index in [1.807, 2.05) is 6.07 Å². The molecule has 1 aliphatic heterocycles. The van der Waals surface area contributed by atoms with Crippen molar-refractivity contribution in [2.75, 3.05) is 45.9 Å². The van der Waals surface area contributed by atoms with Crippen molar-refractivity contribution in [1.82, 2.24) is 15.5 Å². The van der Waals surface area contributed by atoms with Crippen LogP contribution in [-0.2, 0) is 4.79 Å². The third-order valence-corrected chi connectivity index (χ3v) is 4.53. The molecular formula is C19H31N3O2. The molecule has 5 heteroatoms. The minimum absolute atomic E-state index is 0.0670. The van der Waals surface area contributed by atoms with E-state index in [9.17, 15) is 4.79 Å². The van der Waals surface area contributed by atoms with E-state index in [4.69, 9.17) is 4.74 Å². The Morgan fingerprint density at radius 1 is 1.25 bits per heavy atom. The van der Waals surface area contributed by atoms with E-state index >= 15 is 0 Å². The third kappa shape index (κ3) is 6.13. The molecule has 0 aliphatic carbocycles. The van der Waals surface area contributed by atoms with Gasteiger partial charge in [-0.2, -0.15) is 0 Å². The number of piperazine rings is 1. The van der Waals surface area contributed by atoms with Crippen LogP contribution in [0.1, 0.15) is 29.5 Å². The van der Waals surface area contributed by atoms with Crippen LogP contribution in [-0.4, -0.2) is 56.7 Å². The Morgan fingerprint density at radius 2 is 2.00 bits per heavy atom. The van der Waals surface area contributed by atoms with E-state index in [1.165, 1.54) is 11.1 Å². The number of nitrogens with zero attached hydrogens (tertiary/aromatic N) is 1. The Labute approximate surface area is 145 Å². The van der Waals surface area contributed by atoms with Gasteiger partial charge in [0.05, 0.1) is 13.0 Å². The van der Waals surface area contributed by atoms with Crippen LogP contribution >= 0.6 is 0 Å². The Hall–Kier alpha value is -1.59. The van der Waals surface area contributed by atoms with E-state index in [0.717, 1.165) is 57.0 Å². The van der Waals surface area contributed by atoms with Crippen LogP contribution in [0.25, 0.3) is 0 Å². The molecule has 2 rings (SSSR count). The van der Waals surface area contributed by atoms with Crippen molar-refractivity contribution >= 4 is 5.91 Å². The van der Waals surface area contributed by atoms with Gasteiger partial charge >= 0.3 is 0 Å². The summed E-state index contributed by atoms with van der Waals surface area (Å²) >= 11 is 0. The maximum absolute atomic E-state index is 11.9. The summed E-state index contributed by atoms with van der Waals surface area (Å²) in [7, 11) is 0. The summed E-state index contributed by atoms with van der Waals surface area (Å²) in [6.07, 6.45) is 1.41. The lowest BCUT2D eigenvalue weighted by Crippen LogP contribution is -2.44. The quantitative estimate of drug-likeness (QED) is 0.712. The number of hydrogen-bond donors (Lipinski definition) is 2. The minimum Gasteiger partial charge on any atom is -0.493 e. The van der Waals surface area contributed by atoms with E-state index in [0.29, 0.717) is 13.0 Å². The molecule has 1 saturated heterocycles. The molecule has 134 valence electrons. The lowest BCUT2D eigenvalue weighted by Gasteiger charge is -2.27. The van der Waals surface area contributed by atoms with Crippen molar-refractivity contribution in [2.45, 2.75) is 33.6 Å². The van der Waals surface area contributed by atoms with Crippen LogP contribution < -0.4 is 15.4 Å². The molecule has 1 aromatic carbocycles. The summed E-state index contributed by atoms with van der Waals surface area (Å²) in [4.78, 5) is 14.3. The Bertz CT molecular complexity index is 540. The Kier molecular flexibility index (Phi) is 7.53. The summed E-state index contributed by atoms with van der Waals surface area (Å²) in [5.41, 5.74) is 3.56. The fourth-order valence-corrected chi connectivity index (χ4v) is 2.96. The minimum atomic E-state index is 0.0670. The molecule has 0 spiro atoms. The molecule has 0 unspecified atom stereocenters. The van der Waals surface area contributed by atoms with Crippen LogP contribution in [0.5, 0.6) is 5.75 Å². The predicted molar refractivity (Wildman–Crippen MR) is 97.7 cm³/mol. The number of carbonyl (C=O) groups is 1. The Balaban J connectivity index is 1.59. The molecule has 2 N–H and O–H groups in total. The molecule has 24 heavy (non-hydrogen) atoms. The van der Waals surface area contributed by atoms with Crippen LogP contribution in [0.2, 0.25) is 0 Å². The first-order valence-corrected chi connectivity index (χ1v) is 8.96. The van der Waals surface area contributed by atoms with Gasteiger partial charge in [-0.25, -0.2) is 0 Å². The molecule has 1 aliphatic rings. The van der Waals surface area contributed by atoms with Crippen molar-refractivity contribution < 1.29 is 9.53 Å². The van der Waals surface area contributed by atoms with Gasteiger partial charge in [0.25, 0.3) is 0 Å². The van der Waals surface area contributed by atoms with Crippen molar-refractivity contribution in [3.63, 3.8) is 0 Å². The molecule has 1 heterocycles. The van der Waals surface area contributed by atoms with E-state index in [1.54, 1.807) is 0 Å². The molecule has 1 aromatic rings. The smallest absolute Gasteiger partial charge is 0.223 e. The number of benzene rings is 1.